The summed E-state index contributed by atoms with van der Waals surface area (Å²) in [5.74, 6) is 0. The highest BCUT2D eigenvalue weighted by molar-refractivity contribution is 7.91. The van der Waals surface area contributed by atoms with Crippen LogP contribution in [0.2, 0.25) is 5.02 Å². The number of hydrogen-bond donors (Lipinski definition) is 2. The molecular weight excluding hydrogens is 376 g/mol. The monoisotopic (exact) mass is 392 g/mol. The van der Waals surface area contributed by atoms with Crippen molar-refractivity contribution in [1.29, 1.82) is 0 Å². The molecule has 0 saturated carbocycles. The van der Waals surface area contributed by atoms with Gasteiger partial charge in [0.05, 0.1) is 9.79 Å². The first-order valence-electron chi connectivity index (χ1n) is 7.55. The minimum atomic E-state index is -3.55. The van der Waals surface area contributed by atoms with E-state index in [1.807, 2.05) is 31.2 Å². The summed E-state index contributed by atoms with van der Waals surface area (Å²) in [5.41, 5.74) is 8.11. The second-order valence-corrected chi connectivity index (χ2v) is 8.90. The average Bonchev–Trinajstić information content (AvgIpc) is 2.95. The molecule has 3 aromatic rings. The molecule has 2 aromatic carbocycles. The number of nitrogens with one attached hydrogen (secondary N) is 1. The Morgan fingerprint density at radius 2 is 1.88 bits per heavy atom. The van der Waals surface area contributed by atoms with Crippen LogP contribution in [0.4, 0.5) is 11.4 Å². The maximum Gasteiger partial charge on any atom is 0.207 e. The van der Waals surface area contributed by atoms with Crippen LogP contribution in [0.3, 0.4) is 0 Å². The van der Waals surface area contributed by atoms with Gasteiger partial charge in [-0.1, -0.05) is 17.7 Å². The van der Waals surface area contributed by atoms with E-state index in [4.69, 9.17) is 17.3 Å². The van der Waals surface area contributed by atoms with Crippen LogP contribution in [0.1, 0.15) is 10.4 Å². The highest BCUT2D eigenvalue weighted by Crippen LogP contribution is 2.31. The predicted octanol–water partition coefficient (Wildman–Crippen LogP) is 4.74. The van der Waals surface area contributed by atoms with Crippen molar-refractivity contribution in [2.45, 2.75) is 23.3 Å². The molecule has 4 nitrogen and oxygen atoms in total. The molecule has 25 heavy (non-hydrogen) atoms. The molecule has 0 aliphatic rings. The topological polar surface area (TPSA) is 72.2 Å². The Hall–Kier alpha value is -2.02. The molecule has 0 fully saturated rings. The zero-order valence-electron chi connectivity index (χ0n) is 13.5. The van der Waals surface area contributed by atoms with Crippen molar-refractivity contribution >= 4 is 44.1 Å². The van der Waals surface area contributed by atoms with Gasteiger partial charge in [0.2, 0.25) is 9.84 Å². The fourth-order valence-corrected chi connectivity index (χ4v) is 5.43. The molecule has 0 radical (unpaired) electrons. The SMILES string of the molecule is Cc1c(S(=O)(=O)c2ccc(Cl)cc2)csc1CNc1cccc(N)c1. The zero-order chi connectivity index (χ0) is 18.0. The summed E-state index contributed by atoms with van der Waals surface area (Å²) in [4.78, 5) is 1.55. The van der Waals surface area contributed by atoms with Gasteiger partial charge in [0.25, 0.3) is 0 Å². The van der Waals surface area contributed by atoms with Crippen LogP contribution in [0.15, 0.2) is 63.7 Å². The lowest BCUT2D eigenvalue weighted by Crippen LogP contribution is -2.04. The number of nitrogen functional groups attached to an aromatic ring is 1. The number of sulfone groups is 1. The van der Waals surface area contributed by atoms with Crippen molar-refractivity contribution in [2.75, 3.05) is 11.1 Å². The van der Waals surface area contributed by atoms with E-state index in [1.54, 1.807) is 17.5 Å². The van der Waals surface area contributed by atoms with Crippen LogP contribution < -0.4 is 11.1 Å². The van der Waals surface area contributed by atoms with Crippen molar-refractivity contribution in [3.05, 3.63) is 69.4 Å². The molecule has 0 saturated heterocycles. The number of benzene rings is 2. The van der Waals surface area contributed by atoms with Crippen LogP contribution in [0.5, 0.6) is 0 Å². The number of thiophene rings is 1. The third kappa shape index (κ3) is 3.81. The number of halogens is 1. The first-order chi connectivity index (χ1) is 11.9. The molecule has 130 valence electrons. The summed E-state index contributed by atoms with van der Waals surface area (Å²) >= 11 is 7.27. The Kier molecular flexibility index (Phi) is 5.03. The zero-order valence-corrected chi connectivity index (χ0v) is 15.9. The second kappa shape index (κ2) is 7.07. The van der Waals surface area contributed by atoms with Crippen LogP contribution in [-0.2, 0) is 16.4 Å². The molecule has 0 unspecified atom stereocenters. The molecule has 0 amide bonds. The summed E-state index contributed by atoms with van der Waals surface area (Å²) in [6.45, 7) is 2.37. The average molecular weight is 393 g/mol. The molecule has 3 N–H and O–H groups in total. The lowest BCUT2D eigenvalue weighted by atomic mass is 10.2. The van der Waals surface area contributed by atoms with Crippen molar-refractivity contribution in [1.82, 2.24) is 0 Å². The molecule has 3 rings (SSSR count). The van der Waals surface area contributed by atoms with Crippen molar-refractivity contribution < 1.29 is 8.42 Å². The van der Waals surface area contributed by atoms with Crippen LogP contribution in [0, 0.1) is 6.92 Å². The fraction of sp³-hybridized carbons (Fsp3) is 0.111. The van der Waals surface area contributed by atoms with Crippen LogP contribution in [0.25, 0.3) is 0 Å². The molecule has 1 heterocycles. The lowest BCUT2D eigenvalue weighted by molar-refractivity contribution is 0.596. The molecule has 7 heteroatoms. The normalized spacial score (nSPS) is 11.4. The summed E-state index contributed by atoms with van der Waals surface area (Å²) < 4.78 is 25.6. The van der Waals surface area contributed by atoms with E-state index in [9.17, 15) is 8.42 Å². The summed E-state index contributed by atoms with van der Waals surface area (Å²) in [6, 6.07) is 13.7. The Morgan fingerprint density at radius 1 is 1.16 bits per heavy atom. The van der Waals surface area contributed by atoms with Crippen LogP contribution in [-0.4, -0.2) is 8.42 Å². The van der Waals surface area contributed by atoms with Gasteiger partial charge < -0.3 is 11.1 Å². The number of nitrogens with two attached hydrogens (primary N) is 1. The molecular formula is C18H17ClN2O2S2. The minimum absolute atomic E-state index is 0.244. The van der Waals surface area contributed by atoms with Gasteiger partial charge in [-0.3, -0.25) is 0 Å². The Bertz CT molecular complexity index is 996. The second-order valence-electron chi connectivity index (χ2n) is 5.58. The van der Waals surface area contributed by atoms with E-state index < -0.39 is 9.84 Å². The minimum Gasteiger partial charge on any atom is -0.399 e. The Balaban J connectivity index is 1.84. The molecule has 0 aliphatic carbocycles. The van der Waals surface area contributed by atoms with Gasteiger partial charge in [-0.15, -0.1) is 11.3 Å². The number of anilines is 2. The molecule has 0 aliphatic heterocycles. The third-order valence-corrected chi connectivity index (χ3v) is 7.23. The van der Waals surface area contributed by atoms with E-state index in [0.29, 0.717) is 22.2 Å². The molecule has 0 bridgehead atoms. The van der Waals surface area contributed by atoms with Crippen molar-refractivity contribution in [2.24, 2.45) is 0 Å². The van der Waals surface area contributed by atoms with E-state index in [-0.39, 0.29) is 4.90 Å². The van der Waals surface area contributed by atoms with Crippen molar-refractivity contribution in [3.8, 4) is 0 Å². The summed E-state index contributed by atoms with van der Waals surface area (Å²) in [7, 11) is -3.55. The van der Waals surface area contributed by atoms with E-state index in [1.165, 1.54) is 23.5 Å². The molecule has 0 atom stereocenters. The number of hydrogen-bond acceptors (Lipinski definition) is 5. The summed E-state index contributed by atoms with van der Waals surface area (Å²) in [5, 5.41) is 5.47. The fourth-order valence-electron chi connectivity index (χ4n) is 2.45. The largest absolute Gasteiger partial charge is 0.399 e. The van der Waals surface area contributed by atoms with E-state index in [0.717, 1.165) is 16.1 Å². The molecule has 1 aromatic heterocycles. The van der Waals surface area contributed by atoms with Gasteiger partial charge in [0.1, 0.15) is 0 Å². The maximum atomic E-state index is 12.8. The van der Waals surface area contributed by atoms with Crippen molar-refractivity contribution in [3.63, 3.8) is 0 Å². The van der Waals surface area contributed by atoms with Gasteiger partial charge in [-0.05, 0) is 55.0 Å². The van der Waals surface area contributed by atoms with Gasteiger partial charge in [-0.25, -0.2) is 8.42 Å². The number of rotatable bonds is 5. The van der Waals surface area contributed by atoms with Gasteiger partial charge in [0.15, 0.2) is 0 Å². The summed E-state index contributed by atoms with van der Waals surface area (Å²) in [6.07, 6.45) is 0. The standard InChI is InChI=1S/C18H17ClN2O2S2/c1-12-17(10-21-15-4-2-3-14(20)9-15)24-11-18(12)25(22,23)16-7-5-13(19)6-8-16/h2-9,11,21H,10,20H2,1H3. The van der Waals surface area contributed by atoms with Crippen LogP contribution >= 0.6 is 22.9 Å². The van der Waals surface area contributed by atoms with Gasteiger partial charge in [0, 0.05) is 33.2 Å². The van der Waals surface area contributed by atoms with Gasteiger partial charge >= 0.3 is 0 Å². The highest BCUT2D eigenvalue weighted by Gasteiger charge is 2.22. The van der Waals surface area contributed by atoms with E-state index >= 15 is 0 Å². The van der Waals surface area contributed by atoms with E-state index in [2.05, 4.69) is 5.32 Å². The van der Waals surface area contributed by atoms with Gasteiger partial charge in [-0.2, -0.15) is 0 Å². The lowest BCUT2D eigenvalue weighted by Gasteiger charge is -2.08. The maximum absolute atomic E-state index is 12.8. The first kappa shape index (κ1) is 17.8. The predicted molar refractivity (Wildman–Crippen MR) is 104 cm³/mol. The Morgan fingerprint density at radius 3 is 2.56 bits per heavy atom. The third-order valence-electron chi connectivity index (χ3n) is 3.85. The first-order valence-corrected chi connectivity index (χ1v) is 10.3. The Labute approximate surface area is 156 Å². The molecule has 0 spiro atoms. The smallest absolute Gasteiger partial charge is 0.207 e. The highest BCUT2D eigenvalue weighted by atomic mass is 35.5. The quantitative estimate of drug-likeness (QED) is 0.615.